The van der Waals surface area contributed by atoms with E-state index in [1.807, 2.05) is 32.0 Å². The standard InChI is InChI=1S/C24H31ClN4O2S/c1-14-19(12-17(25)13-26-14)27-15(2)21-9-10-22(32-21)24(31)29-20(11-16-5-3-4-6-16)23(30)28-18-7-8-18/h9-10,12-13,15-16,18,20,27H,3-8,11H2,1-2H3,(H,28,30)(H,29,31). The first kappa shape index (κ1) is 23.1. The molecule has 2 unspecified atom stereocenters. The van der Waals surface area contributed by atoms with Crippen LogP contribution in [0.3, 0.4) is 0 Å². The van der Waals surface area contributed by atoms with Crippen molar-refractivity contribution >= 4 is 40.4 Å². The summed E-state index contributed by atoms with van der Waals surface area (Å²) in [4.78, 5) is 31.7. The Balaban J connectivity index is 1.40. The molecule has 0 aromatic carbocycles. The molecule has 2 heterocycles. The normalized spacial score (nSPS) is 18.2. The van der Waals surface area contributed by atoms with Gasteiger partial charge in [-0.3, -0.25) is 14.6 Å². The maximum absolute atomic E-state index is 13.0. The third-order valence-corrected chi connectivity index (χ3v) is 7.77. The number of nitrogens with zero attached hydrogens (tertiary/aromatic N) is 1. The molecule has 0 aliphatic heterocycles. The second-order valence-corrected chi connectivity index (χ2v) is 10.6. The lowest BCUT2D eigenvalue weighted by Gasteiger charge is -2.21. The number of rotatable bonds is 9. The largest absolute Gasteiger partial charge is 0.376 e. The Hall–Kier alpha value is -2.12. The fraction of sp³-hybridized carbons (Fsp3) is 0.542. The molecule has 2 fully saturated rings. The quantitative estimate of drug-likeness (QED) is 0.464. The van der Waals surface area contributed by atoms with Crippen LogP contribution in [-0.4, -0.2) is 28.9 Å². The molecule has 3 N–H and O–H groups in total. The third-order valence-electron chi connectivity index (χ3n) is 6.29. The van der Waals surface area contributed by atoms with Gasteiger partial charge in [-0.05, 0) is 57.2 Å². The summed E-state index contributed by atoms with van der Waals surface area (Å²) in [5, 5.41) is 10.1. The second kappa shape index (κ2) is 10.2. The predicted octanol–water partition coefficient (Wildman–Crippen LogP) is 5.24. The number of thiophene rings is 1. The van der Waals surface area contributed by atoms with E-state index in [2.05, 4.69) is 20.9 Å². The highest BCUT2D eigenvalue weighted by Crippen LogP contribution is 2.30. The number of anilines is 1. The first-order chi connectivity index (χ1) is 15.4. The highest BCUT2D eigenvalue weighted by molar-refractivity contribution is 7.14. The van der Waals surface area contributed by atoms with Crippen LogP contribution in [0.2, 0.25) is 5.02 Å². The molecule has 0 radical (unpaired) electrons. The molecular formula is C24H31ClN4O2S. The summed E-state index contributed by atoms with van der Waals surface area (Å²) in [7, 11) is 0. The second-order valence-electron chi connectivity index (χ2n) is 9.05. The van der Waals surface area contributed by atoms with Gasteiger partial charge in [-0.1, -0.05) is 37.3 Å². The zero-order valence-electron chi connectivity index (χ0n) is 18.6. The number of aryl methyl sites for hydroxylation is 1. The summed E-state index contributed by atoms with van der Waals surface area (Å²) >= 11 is 7.52. The number of nitrogens with one attached hydrogen (secondary N) is 3. The Bertz CT molecular complexity index is 969. The zero-order valence-corrected chi connectivity index (χ0v) is 20.2. The number of carbonyl (C=O) groups excluding carboxylic acids is 2. The van der Waals surface area contributed by atoms with Crippen LogP contribution in [-0.2, 0) is 4.79 Å². The molecule has 0 bridgehead atoms. The number of aromatic nitrogens is 1. The van der Waals surface area contributed by atoms with E-state index in [4.69, 9.17) is 11.6 Å². The number of hydrogen-bond acceptors (Lipinski definition) is 5. The van der Waals surface area contributed by atoms with Crippen LogP contribution in [0.4, 0.5) is 5.69 Å². The zero-order chi connectivity index (χ0) is 22.7. The van der Waals surface area contributed by atoms with Gasteiger partial charge in [0, 0.05) is 17.1 Å². The number of carbonyl (C=O) groups is 2. The molecule has 4 rings (SSSR count). The lowest BCUT2D eigenvalue weighted by molar-refractivity contribution is -0.123. The van der Waals surface area contributed by atoms with Gasteiger partial charge in [-0.25, -0.2) is 0 Å². The van der Waals surface area contributed by atoms with Crippen molar-refractivity contribution < 1.29 is 9.59 Å². The van der Waals surface area contributed by atoms with Crippen LogP contribution in [0.1, 0.15) is 78.2 Å². The van der Waals surface area contributed by atoms with Crippen LogP contribution in [0.5, 0.6) is 0 Å². The maximum Gasteiger partial charge on any atom is 0.262 e. The summed E-state index contributed by atoms with van der Waals surface area (Å²) in [6.45, 7) is 3.97. The van der Waals surface area contributed by atoms with Gasteiger partial charge in [0.15, 0.2) is 0 Å². The van der Waals surface area contributed by atoms with Crippen LogP contribution in [0.15, 0.2) is 24.4 Å². The van der Waals surface area contributed by atoms with Crippen molar-refractivity contribution in [2.75, 3.05) is 5.32 Å². The van der Waals surface area contributed by atoms with Crippen molar-refractivity contribution in [1.29, 1.82) is 0 Å². The molecule has 0 saturated heterocycles. The number of pyridine rings is 1. The van der Waals surface area contributed by atoms with Crippen molar-refractivity contribution in [2.45, 2.75) is 76.9 Å². The van der Waals surface area contributed by atoms with Gasteiger partial charge in [0.25, 0.3) is 5.91 Å². The van der Waals surface area contributed by atoms with E-state index in [-0.39, 0.29) is 23.9 Å². The minimum absolute atomic E-state index is 0.00651. The smallest absolute Gasteiger partial charge is 0.262 e. The van der Waals surface area contributed by atoms with Gasteiger partial charge >= 0.3 is 0 Å². The minimum atomic E-state index is -0.465. The SMILES string of the molecule is Cc1ncc(Cl)cc1NC(C)c1ccc(C(=O)NC(CC2CCCC2)C(=O)NC2CC2)s1. The topological polar surface area (TPSA) is 83.1 Å². The summed E-state index contributed by atoms with van der Waals surface area (Å²) in [6, 6.07) is 5.46. The highest BCUT2D eigenvalue weighted by Gasteiger charge is 2.31. The van der Waals surface area contributed by atoms with Gasteiger partial charge in [0.1, 0.15) is 6.04 Å². The Labute approximate surface area is 198 Å². The molecule has 2 saturated carbocycles. The Morgan fingerprint density at radius 1 is 1.22 bits per heavy atom. The van der Waals surface area contributed by atoms with Crippen molar-refractivity contribution in [1.82, 2.24) is 15.6 Å². The maximum atomic E-state index is 13.0. The van der Waals surface area contributed by atoms with Gasteiger partial charge in [-0.2, -0.15) is 0 Å². The van der Waals surface area contributed by atoms with Crippen LogP contribution in [0, 0.1) is 12.8 Å². The number of hydrogen-bond donors (Lipinski definition) is 3. The van der Waals surface area contributed by atoms with E-state index < -0.39 is 6.04 Å². The first-order valence-electron chi connectivity index (χ1n) is 11.5. The Morgan fingerprint density at radius 3 is 2.69 bits per heavy atom. The van der Waals surface area contributed by atoms with Crippen LogP contribution < -0.4 is 16.0 Å². The first-order valence-corrected chi connectivity index (χ1v) is 12.7. The molecule has 32 heavy (non-hydrogen) atoms. The van der Waals surface area contributed by atoms with E-state index in [9.17, 15) is 9.59 Å². The predicted molar refractivity (Wildman–Crippen MR) is 129 cm³/mol. The van der Waals surface area contributed by atoms with E-state index in [1.165, 1.54) is 24.2 Å². The highest BCUT2D eigenvalue weighted by atomic mass is 35.5. The van der Waals surface area contributed by atoms with Crippen molar-refractivity contribution in [2.24, 2.45) is 5.92 Å². The summed E-state index contributed by atoms with van der Waals surface area (Å²) < 4.78 is 0. The lowest BCUT2D eigenvalue weighted by Crippen LogP contribution is -2.48. The fourth-order valence-electron chi connectivity index (χ4n) is 4.24. The Kier molecular flexibility index (Phi) is 7.36. The van der Waals surface area contributed by atoms with Crippen LogP contribution >= 0.6 is 22.9 Å². The van der Waals surface area contributed by atoms with E-state index in [1.54, 1.807) is 6.20 Å². The van der Waals surface area contributed by atoms with E-state index in [0.29, 0.717) is 15.8 Å². The summed E-state index contributed by atoms with van der Waals surface area (Å²) in [5.41, 5.74) is 1.74. The fourth-order valence-corrected chi connectivity index (χ4v) is 5.31. The molecule has 2 aliphatic carbocycles. The molecule has 8 heteroatoms. The molecule has 2 aromatic heterocycles. The van der Waals surface area contributed by atoms with Gasteiger partial charge in [-0.15, -0.1) is 11.3 Å². The molecule has 2 aromatic rings. The molecule has 2 atom stereocenters. The Morgan fingerprint density at radius 2 is 1.97 bits per heavy atom. The molecule has 2 aliphatic rings. The molecule has 2 amide bonds. The van der Waals surface area contributed by atoms with Crippen molar-refractivity contribution in [3.05, 3.63) is 44.9 Å². The molecule has 172 valence electrons. The van der Waals surface area contributed by atoms with Gasteiger partial charge in [0.2, 0.25) is 5.91 Å². The summed E-state index contributed by atoms with van der Waals surface area (Å²) in [5.74, 6) is 0.300. The molecule has 6 nitrogen and oxygen atoms in total. The minimum Gasteiger partial charge on any atom is -0.376 e. The number of amides is 2. The molecular weight excluding hydrogens is 444 g/mol. The van der Waals surface area contributed by atoms with Crippen molar-refractivity contribution in [3.8, 4) is 0 Å². The summed E-state index contributed by atoms with van der Waals surface area (Å²) in [6.07, 6.45) is 9.16. The van der Waals surface area contributed by atoms with Crippen molar-refractivity contribution in [3.63, 3.8) is 0 Å². The number of halogens is 1. The lowest BCUT2D eigenvalue weighted by atomic mass is 9.97. The van der Waals surface area contributed by atoms with E-state index in [0.717, 1.165) is 48.4 Å². The average Bonchev–Trinajstić information content (AvgIpc) is 3.22. The molecule has 0 spiro atoms. The van der Waals surface area contributed by atoms with Crippen LogP contribution in [0.25, 0.3) is 0 Å². The average molecular weight is 475 g/mol. The monoisotopic (exact) mass is 474 g/mol. The van der Waals surface area contributed by atoms with E-state index >= 15 is 0 Å². The van der Waals surface area contributed by atoms with Gasteiger partial charge < -0.3 is 16.0 Å². The third kappa shape index (κ3) is 6.01. The van der Waals surface area contributed by atoms with Gasteiger partial charge in [0.05, 0.1) is 27.3 Å².